The molecule has 1 unspecified atom stereocenters. The number of likely N-dealkylation sites (N-methyl/N-ethyl adjacent to an activating group) is 1. The van der Waals surface area contributed by atoms with E-state index in [2.05, 4.69) is 16.3 Å². The highest BCUT2D eigenvalue weighted by molar-refractivity contribution is 7.99. The van der Waals surface area contributed by atoms with Crippen LogP contribution in [-0.4, -0.2) is 97.0 Å². The van der Waals surface area contributed by atoms with Gasteiger partial charge < -0.3 is 44.0 Å². The molecule has 3 N–H and O–H groups in total. The molecule has 3 aromatic rings. The summed E-state index contributed by atoms with van der Waals surface area (Å²) in [4.78, 5) is 32.0. The van der Waals surface area contributed by atoms with Crippen LogP contribution in [0.2, 0.25) is 0 Å². The zero-order valence-corrected chi connectivity index (χ0v) is 32.2. The van der Waals surface area contributed by atoms with Crippen LogP contribution < -0.4 is 29.0 Å². The van der Waals surface area contributed by atoms with Crippen molar-refractivity contribution >= 4 is 23.7 Å². The fourth-order valence-corrected chi connectivity index (χ4v) is 11.9. The zero-order chi connectivity index (χ0) is 38.7. The molecule has 4 bridgehead atoms. The molecular formula is C40H42N4O10S. The van der Waals surface area contributed by atoms with Gasteiger partial charge in [-0.3, -0.25) is 14.6 Å². The van der Waals surface area contributed by atoms with Crippen molar-refractivity contribution in [3.63, 3.8) is 0 Å². The maximum atomic E-state index is 14.9. The lowest BCUT2D eigenvalue weighted by Gasteiger charge is -2.59. The van der Waals surface area contributed by atoms with Crippen LogP contribution in [0.1, 0.15) is 68.8 Å². The Hall–Kier alpha value is -4.88. The number of carbonyl (C=O) groups excluding carboxylic acids is 2. The van der Waals surface area contributed by atoms with E-state index in [1.165, 1.54) is 32.9 Å². The summed E-state index contributed by atoms with van der Waals surface area (Å²) in [7, 11) is 4.89. The zero-order valence-electron chi connectivity index (χ0n) is 31.3. The molecule has 0 aliphatic carbocycles. The molecule has 15 heteroatoms. The van der Waals surface area contributed by atoms with Crippen molar-refractivity contribution in [1.29, 1.82) is 5.26 Å². The van der Waals surface area contributed by atoms with E-state index in [1.54, 1.807) is 12.1 Å². The Balaban J connectivity index is 1.33. The Morgan fingerprint density at radius 3 is 2.56 bits per heavy atom. The number of nitriles is 1. The minimum Gasteiger partial charge on any atom is -0.504 e. The number of benzene rings is 3. The van der Waals surface area contributed by atoms with Crippen molar-refractivity contribution in [3.05, 3.63) is 62.7 Å². The Morgan fingerprint density at radius 2 is 1.84 bits per heavy atom. The van der Waals surface area contributed by atoms with E-state index < -0.39 is 46.9 Å². The molecule has 7 aliphatic rings. The molecule has 1 spiro atoms. The van der Waals surface area contributed by atoms with Crippen LogP contribution in [0.15, 0.2) is 18.2 Å². The SMILES string of the molecule is COc1cc2c(cc1O)CCN(C)[C@]21CS[C@@H]2c3c(OC(C)=O)c(C)c4c(c3[C@H](COC1=O)N1C2[C@@H]2N[C@@H](Cc3cc(C)c(OC)c(O)c32)[C@@H]1C#N)OCO4. The first kappa shape index (κ1) is 35.8. The Morgan fingerprint density at radius 1 is 1.05 bits per heavy atom. The number of thioether (sulfide) groups is 1. The van der Waals surface area contributed by atoms with Crippen molar-refractivity contribution in [2.24, 2.45) is 0 Å². The van der Waals surface area contributed by atoms with Crippen molar-refractivity contribution < 1.29 is 48.2 Å². The Kier molecular flexibility index (Phi) is 8.36. The lowest BCUT2D eigenvalue weighted by molar-refractivity contribution is -0.161. The Labute approximate surface area is 322 Å². The van der Waals surface area contributed by atoms with Gasteiger partial charge in [0.05, 0.1) is 37.6 Å². The molecule has 7 aliphatic heterocycles. The van der Waals surface area contributed by atoms with E-state index >= 15 is 0 Å². The average Bonchev–Trinajstić information content (AvgIpc) is 3.65. The number of phenols is 2. The molecule has 2 saturated heterocycles. The van der Waals surface area contributed by atoms with Crippen LogP contribution >= 0.6 is 11.8 Å². The van der Waals surface area contributed by atoms with E-state index in [1.807, 2.05) is 31.9 Å². The number of nitrogens with zero attached hydrogens (tertiary/aromatic N) is 3. The lowest BCUT2D eigenvalue weighted by atomic mass is 9.72. The van der Waals surface area contributed by atoms with Gasteiger partial charge in [0.25, 0.3) is 0 Å². The lowest BCUT2D eigenvalue weighted by Crippen LogP contribution is -2.69. The molecule has 10 rings (SSSR count). The quantitative estimate of drug-likeness (QED) is 0.258. The van der Waals surface area contributed by atoms with Gasteiger partial charge in [-0.2, -0.15) is 5.26 Å². The largest absolute Gasteiger partial charge is 0.504 e. The van der Waals surface area contributed by atoms with Gasteiger partial charge in [-0.15, -0.1) is 11.8 Å². The molecule has 0 saturated carbocycles. The van der Waals surface area contributed by atoms with Gasteiger partial charge in [0.15, 0.2) is 40.0 Å². The maximum absolute atomic E-state index is 14.9. The summed E-state index contributed by atoms with van der Waals surface area (Å²) in [5, 5.41) is 37.0. The number of esters is 2. The third-order valence-electron chi connectivity index (χ3n) is 12.4. The van der Waals surface area contributed by atoms with Crippen molar-refractivity contribution in [1.82, 2.24) is 15.1 Å². The number of phenolic OH excluding ortho intramolecular Hbond substituents is 2. The molecule has 288 valence electrons. The highest BCUT2D eigenvalue weighted by Gasteiger charge is 2.61. The van der Waals surface area contributed by atoms with Crippen LogP contribution in [-0.2, 0) is 32.7 Å². The molecule has 0 radical (unpaired) electrons. The number of methoxy groups -OCH3 is 2. The third kappa shape index (κ3) is 4.90. The van der Waals surface area contributed by atoms with Gasteiger partial charge in [0.2, 0.25) is 6.79 Å². The van der Waals surface area contributed by atoms with Gasteiger partial charge in [-0.25, -0.2) is 4.79 Å². The minimum absolute atomic E-state index is 0.0187. The minimum atomic E-state index is -1.32. The first-order valence-electron chi connectivity index (χ1n) is 18.3. The molecular weight excluding hydrogens is 729 g/mol. The summed E-state index contributed by atoms with van der Waals surface area (Å²) in [6.07, 6.45) is 1.05. The van der Waals surface area contributed by atoms with Crippen molar-refractivity contribution in [3.8, 4) is 46.3 Å². The number of carbonyl (C=O) groups is 2. The number of piperazine rings is 1. The normalized spacial score (nSPS) is 28.9. The van der Waals surface area contributed by atoms with Crippen LogP contribution in [0.5, 0.6) is 40.2 Å². The predicted octanol–water partition coefficient (Wildman–Crippen LogP) is 3.99. The number of fused-ring (bicyclic) bond motifs is 9. The highest BCUT2D eigenvalue weighted by atomic mass is 32.2. The smallest absolute Gasteiger partial charge is 0.332 e. The molecule has 14 nitrogen and oxygen atoms in total. The predicted molar refractivity (Wildman–Crippen MR) is 198 cm³/mol. The fraction of sp³-hybridized carbons (Fsp3) is 0.475. The number of rotatable bonds is 3. The second-order valence-corrected chi connectivity index (χ2v) is 16.2. The average molecular weight is 771 g/mol. The van der Waals surface area contributed by atoms with Crippen LogP contribution in [0.3, 0.4) is 0 Å². The topological polar surface area (TPSA) is 172 Å². The summed E-state index contributed by atoms with van der Waals surface area (Å²) < 4.78 is 36.1. The maximum Gasteiger partial charge on any atom is 0.332 e. The summed E-state index contributed by atoms with van der Waals surface area (Å²) in [6.45, 7) is 5.34. The fourth-order valence-electron chi connectivity index (χ4n) is 10.1. The van der Waals surface area contributed by atoms with Crippen LogP contribution in [0.25, 0.3) is 0 Å². The first-order valence-corrected chi connectivity index (χ1v) is 19.4. The van der Waals surface area contributed by atoms with E-state index in [9.17, 15) is 25.1 Å². The third-order valence-corrected chi connectivity index (χ3v) is 13.9. The Bertz CT molecular complexity index is 2220. The van der Waals surface area contributed by atoms with Gasteiger partial charge in [0.1, 0.15) is 18.4 Å². The molecule has 7 atom stereocenters. The number of hydrogen-bond acceptors (Lipinski definition) is 15. The second-order valence-electron chi connectivity index (χ2n) is 15.1. The standard InChI is InChI=1S/C40H42N4O10S/c1-17-9-21-10-23-24(13-41)44-25-14-51-39(48)40(22-12-27(49-5)26(46)11-20(22)7-8-43(40)4)15-55-38(32(44)31(42-23)28(21)33(47)34(17)50-6)30-29(25)37-36(52-16-53-37)18(2)35(30)54-19(3)45/h9,11-12,23-25,31-32,38,42,46-47H,7-8,10,14-16H2,1-6H3/t23-,24-,25-,31+,32?,38+,40+/m0/s1. The number of aromatic hydroxyl groups is 2. The molecule has 55 heavy (non-hydrogen) atoms. The summed E-state index contributed by atoms with van der Waals surface area (Å²) in [5.41, 5.74) is 4.44. The van der Waals surface area contributed by atoms with Gasteiger partial charge in [0, 0.05) is 53.6 Å². The van der Waals surface area contributed by atoms with E-state index in [-0.39, 0.29) is 42.4 Å². The van der Waals surface area contributed by atoms with Gasteiger partial charge >= 0.3 is 11.9 Å². The molecule has 0 amide bonds. The second kappa shape index (κ2) is 12.8. The van der Waals surface area contributed by atoms with E-state index in [0.717, 1.165) is 16.7 Å². The number of ether oxygens (including phenoxy) is 6. The molecule has 0 aromatic heterocycles. The van der Waals surface area contributed by atoms with Crippen LogP contribution in [0, 0.1) is 25.2 Å². The molecule has 2 fully saturated rings. The number of nitrogens with one attached hydrogen (secondary N) is 1. The van der Waals surface area contributed by atoms with Crippen molar-refractivity contribution in [2.45, 2.75) is 74.6 Å². The van der Waals surface area contributed by atoms with Gasteiger partial charge in [-0.05, 0) is 68.1 Å². The highest BCUT2D eigenvalue weighted by Crippen LogP contribution is 2.63. The van der Waals surface area contributed by atoms with E-state index in [0.29, 0.717) is 70.2 Å². The number of hydrogen-bond donors (Lipinski definition) is 3. The first-order chi connectivity index (χ1) is 26.4. The summed E-state index contributed by atoms with van der Waals surface area (Å²) in [5.74, 6) is 1.01. The van der Waals surface area contributed by atoms with Crippen LogP contribution in [0.4, 0.5) is 0 Å². The monoisotopic (exact) mass is 770 g/mol. The summed E-state index contributed by atoms with van der Waals surface area (Å²) in [6, 6.07) is 5.13. The molecule has 7 heterocycles. The summed E-state index contributed by atoms with van der Waals surface area (Å²) >= 11 is 1.49. The number of aryl methyl sites for hydroxylation is 1. The van der Waals surface area contributed by atoms with Crippen molar-refractivity contribution in [2.75, 3.05) is 47.0 Å². The molecule has 3 aromatic carbocycles. The van der Waals surface area contributed by atoms with Gasteiger partial charge in [-0.1, -0.05) is 6.07 Å². The van der Waals surface area contributed by atoms with E-state index in [4.69, 9.17) is 28.4 Å².